The summed E-state index contributed by atoms with van der Waals surface area (Å²) in [6.07, 6.45) is 0.998. The molecule has 1 atom stereocenters. The maximum Gasteiger partial charge on any atom is 0.254 e. The minimum Gasteiger partial charge on any atom is -0.338 e. The van der Waals surface area contributed by atoms with Gasteiger partial charge in [-0.2, -0.15) is 0 Å². The molecule has 0 aromatic heterocycles. The third-order valence-electron chi connectivity index (χ3n) is 3.69. The van der Waals surface area contributed by atoms with Crippen LogP contribution in [0.4, 0.5) is 0 Å². The number of carbonyl (C=O) groups is 1. The Labute approximate surface area is 122 Å². The van der Waals surface area contributed by atoms with Gasteiger partial charge < -0.3 is 10.6 Å². The number of halogens is 1. The number of amides is 1. The Balaban J connectivity index is 2.20. The van der Waals surface area contributed by atoms with Crippen LogP contribution in [0.2, 0.25) is 0 Å². The average Bonchev–Trinajstić information content (AvgIpc) is 2.75. The summed E-state index contributed by atoms with van der Waals surface area (Å²) in [5, 5.41) is 0. The highest BCUT2D eigenvalue weighted by Gasteiger charge is 2.35. The van der Waals surface area contributed by atoms with Crippen molar-refractivity contribution >= 4 is 28.5 Å². The van der Waals surface area contributed by atoms with Crippen LogP contribution in [-0.4, -0.2) is 30.4 Å². The first-order valence-corrected chi connectivity index (χ1v) is 7.28. The first-order valence-electron chi connectivity index (χ1n) is 6.21. The van der Waals surface area contributed by atoms with Gasteiger partial charge in [0.25, 0.3) is 5.91 Å². The van der Waals surface area contributed by atoms with E-state index in [4.69, 9.17) is 5.73 Å². The fraction of sp³-hybridized carbons (Fsp3) is 0.500. The van der Waals surface area contributed by atoms with Gasteiger partial charge in [-0.15, -0.1) is 0 Å². The van der Waals surface area contributed by atoms with Crippen molar-refractivity contribution in [3.63, 3.8) is 0 Å². The van der Waals surface area contributed by atoms with Crippen LogP contribution >= 0.6 is 22.6 Å². The van der Waals surface area contributed by atoms with E-state index in [9.17, 15) is 4.79 Å². The minimum atomic E-state index is 0.0882. The molecule has 1 aliphatic heterocycles. The van der Waals surface area contributed by atoms with Gasteiger partial charge in [0, 0.05) is 16.7 Å². The number of benzene rings is 1. The largest absolute Gasteiger partial charge is 0.338 e. The highest BCUT2D eigenvalue weighted by Crippen LogP contribution is 2.30. The summed E-state index contributed by atoms with van der Waals surface area (Å²) in [4.78, 5) is 14.4. The number of nitrogens with two attached hydrogens (primary N) is 1. The molecular weight excluding hydrogens is 339 g/mol. The topological polar surface area (TPSA) is 46.3 Å². The van der Waals surface area contributed by atoms with Crippen molar-refractivity contribution < 1.29 is 4.79 Å². The van der Waals surface area contributed by atoms with E-state index in [0.717, 1.165) is 34.2 Å². The highest BCUT2D eigenvalue weighted by atomic mass is 127. The second kappa shape index (κ2) is 5.17. The molecule has 1 fully saturated rings. The van der Waals surface area contributed by atoms with Crippen LogP contribution in [0.1, 0.15) is 29.3 Å². The lowest BCUT2D eigenvalue weighted by molar-refractivity contribution is 0.0776. The summed E-state index contributed by atoms with van der Waals surface area (Å²) < 4.78 is 1.02. The molecule has 1 heterocycles. The van der Waals surface area contributed by atoms with Gasteiger partial charge in [-0.25, -0.2) is 0 Å². The van der Waals surface area contributed by atoms with E-state index >= 15 is 0 Å². The first kappa shape index (κ1) is 13.8. The lowest BCUT2D eigenvalue weighted by Crippen LogP contribution is -2.34. The molecule has 0 saturated carbocycles. The molecule has 3 nitrogen and oxygen atoms in total. The van der Waals surface area contributed by atoms with E-state index < -0.39 is 0 Å². The van der Waals surface area contributed by atoms with Crippen molar-refractivity contribution in [2.75, 3.05) is 19.6 Å². The molecule has 2 rings (SSSR count). The molecule has 1 aromatic rings. The molecular formula is C14H19IN2O. The number of aryl methyl sites for hydroxylation is 1. The second-order valence-electron chi connectivity index (χ2n) is 5.47. The van der Waals surface area contributed by atoms with Crippen molar-refractivity contribution in [1.82, 2.24) is 4.90 Å². The van der Waals surface area contributed by atoms with Crippen LogP contribution < -0.4 is 5.73 Å². The molecule has 0 radical (unpaired) electrons. The fourth-order valence-electron chi connectivity index (χ4n) is 2.34. The van der Waals surface area contributed by atoms with E-state index in [-0.39, 0.29) is 11.3 Å². The molecule has 4 heteroatoms. The molecule has 1 unspecified atom stereocenters. The Kier molecular flexibility index (Phi) is 3.96. The molecule has 18 heavy (non-hydrogen) atoms. The standard InChI is InChI=1S/C14H19IN2O/c1-10-3-4-12(15)11(7-10)13(18)17-6-5-14(2,8-16)9-17/h3-4,7H,5-6,8-9,16H2,1-2H3. The molecule has 1 saturated heterocycles. The smallest absolute Gasteiger partial charge is 0.254 e. The Morgan fingerprint density at radius 3 is 2.89 bits per heavy atom. The van der Waals surface area contributed by atoms with Crippen molar-refractivity contribution in [2.24, 2.45) is 11.1 Å². The fourth-order valence-corrected chi connectivity index (χ4v) is 2.90. The minimum absolute atomic E-state index is 0.0882. The van der Waals surface area contributed by atoms with Gasteiger partial charge in [-0.1, -0.05) is 18.6 Å². The van der Waals surface area contributed by atoms with E-state index in [1.807, 2.05) is 30.0 Å². The number of hydrogen-bond acceptors (Lipinski definition) is 2. The molecule has 2 N–H and O–H groups in total. The molecule has 1 amide bonds. The third-order valence-corrected chi connectivity index (χ3v) is 4.63. The van der Waals surface area contributed by atoms with Crippen LogP contribution in [0.5, 0.6) is 0 Å². The van der Waals surface area contributed by atoms with Gasteiger partial charge >= 0.3 is 0 Å². The zero-order valence-electron chi connectivity index (χ0n) is 10.9. The lowest BCUT2D eigenvalue weighted by Gasteiger charge is -2.23. The second-order valence-corrected chi connectivity index (χ2v) is 6.64. The average molecular weight is 358 g/mol. The summed E-state index contributed by atoms with van der Waals surface area (Å²) in [5.41, 5.74) is 7.81. The van der Waals surface area contributed by atoms with Gasteiger partial charge in [0.05, 0.1) is 5.56 Å². The number of nitrogens with zero attached hydrogens (tertiary/aromatic N) is 1. The van der Waals surface area contributed by atoms with Gasteiger partial charge in [0.2, 0.25) is 0 Å². The van der Waals surface area contributed by atoms with Gasteiger partial charge in [-0.05, 0) is 60.0 Å². The van der Waals surface area contributed by atoms with Crippen molar-refractivity contribution in [3.8, 4) is 0 Å². The van der Waals surface area contributed by atoms with Crippen molar-refractivity contribution in [3.05, 3.63) is 32.9 Å². The van der Waals surface area contributed by atoms with Crippen LogP contribution in [-0.2, 0) is 0 Å². The SMILES string of the molecule is Cc1ccc(I)c(C(=O)N2CCC(C)(CN)C2)c1. The van der Waals surface area contributed by atoms with E-state index in [1.54, 1.807) is 0 Å². The molecule has 0 bridgehead atoms. The molecule has 1 aliphatic rings. The van der Waals surface area contributed by atoms with Gasteiger partial charge in [-0.3, -0.25) is 4.79 Å². The zero-order valence-corrected chi connectivity index (χ0v) is 13.0. The normalized spacial score (nSPS) is 23.4. The monoisotopic (exact) mass is 358 g/mol. The van der Waals surface area contributed by atoms with E-state index in [0.29, 0.717) is 6.54 Å². The number of likely N-dealkylation sites (tertiary alicyclic amines) is 1. The lowest BCUT2D eigenvalue weighted by atomic mass is 9.90. The third kappa shape index (κ3) is 2.69. The van der Waals surface area contributed by atoms with E-state index in [2.05, 4.69) is 29.5 Å². The maximum absolute atomic E-state index is 12.5. The molecule has 98 valence electrons. The number of hydrogen-bond donors (Lipinski definition) is 1. The zero-order chi connectivity index (χ0) is 13.3. The molecule has 1 aromatic carbocycles. The molecule has 0 spiro atoms. The van der Waals surface area contributed by atoms with Crippen LogP contribution in [0.3, 0.4) is 0 Å². The number of rotatable bonds is 2. The van der Waals surface area contributed by atoms with Crippen LogP contribution in [0.15, 0.2) is 18.2 Å². The maximum atomic E-state index is 12.5. The van der Waals surface area contributed by atoms with Crippen LogP contribution in [0.25, 0.3) is 0 Å². The van der Waals surface area contributed by atoms with Gasteiger partial charge in [0.1, 0.15) is 0 Å². The van der Waals surface area contributed by atoms with Crippen molar-refractivity contribution in [1.29, 1.82) is 0 Å². The highest BCUT2D eigenvalue weighted by molar-refractivity contribution is 14.1. The number of carbonyl (C=O) groups excluding carboxylic acids is 1. The Hall–Kier alpha value is -0.620. The summed E-state index contributed by atoms with van der Waals surface area (Å²) in [5.74, 6) is 0.139. The Bertz CT molecular complexity index is 475. The summed E-state index contributed by atoms with van der Waals surface area (Å²) in [7, 11) is 0. The summed E-state index contributed by atoms with van der Waals surface area (Å²) in [6, 6.07) is 6.01. The summed E-state index contributed by atoms with van der Waals surface area (Å²) in [6.45, 7) is 6.40. The quantitative estimate of drug-likeness (QED) is 0.826. The Morgan fingerprint density at radius 1 is 1.56 bits per heavy atom. The van der Waals surface area contributed by atoms with Crippen LogP contribution in [0, 0.1) is 15.9 Å². The predicted molar refractivity (Wildman–Crippen MR) is 81.6 cm³/mol. The predicted octanol–water partition coefficient (Wildman–Crippen LogP) is 2.41. The van der Waals surface area contributed by atoms with Gasteiger partial charge in [0.15, 0.2) is 0 Å². The van der Waals surface area contributed by atoms with Crippen molar-refractivity contribution in [2.45, 2.75) is 20.3 Å². The first-order chi connectivity index (χ1) is 8.45. The Morgan fingerprint density at radius 2 is 2.28 bits per heavy atom. The van der Waals surface area contributed by atoms with E-state index in [1.165, 1.54) is 0 Å². The molecule has 0 aliphatic carbocycles. The summed E-state index contributed by atoms with van der Waals surface area (Å²) >= 11 is 2.22.